The number of nitrogens with zero attached hydrogens (tertiary/aromatic N) is 1. The fourth-order valence-electron chi connectivity index (χ4n) is 4.11. The Balaban J connectivity index is 1.42. The number of carbonyl (C=O) groups excluding carboxylic acids is 2. The van der Waals surface area contributed by atoms with Gasteiger partial charge in [0.2, 0.25) is 0 Å². The molecular formula is C30H20Br2ClN3O4. The summed E-state index contributed by atoms with van der Waals surface area (Å²) in [5.74, 6) is -0.116. The van der Waals surface area contributed by atoms with Crippen LogP contribution in [0.25, 0.3) is 22.0 Å². The first-order chi connectivity index (χ1) is 19.4. The number of methoxy groups -OCH3 is 1. The number of aromatic nitrogens is 1. The van der Waals surface area contributed by atoms with Crippen LogP contribution in [-0.4, -0.2) is 30.2 Å². The maximum Gasteiger partial charge on any atom is 0.343 e. The van der Waals surface area contributed by atoms with Gasteiger partial charge in [0.05, 0.1) is 24.4 Å². The van der Waals surface area contributed by atoms with E-state index in [0.717, 1.165) is 19.8 Å². The number of hydrogen-bond donors (Lipinski definition) is 2. The predicted octanol–water partition coefficient (Wildman–Crippen LogP) is 8.01. The zero-order valence-electron chi connectivity index (χ0n) is 20.9. The Kier molecular flexibility index (Phi) is 8.35. The molecule has 4 aromatic carbocycles. The number of rotatable bonds is 7. The van der Waals surface area contributed by atoms with Crippen molar-refractivity contribution in [1.82, 2.24) is 10.4 Å². The van der Waals surface area contributed by atoms with E-state index in [9.17, 15) is 9.59 Å². The lowest BCUT2D eigenvalue weighted by molar-refractivity contribution is 0.0734. The number of fused-ring (bicyclic) bond motifs is 1. The molecule has 0 fully saturated rings. The van der Waals surface area contributed by atoms with Gasteiger partial charge in [0.25, 0.3) is 5.91 Å². The van der Waals surface area contributed by atoms with Crippen LogP contribution >= 0.6 is 43.5 Å². The van der Waals surface area contributed by atoms with Crippen LogP contribution in [0.2, 0.25) is 5.02 Å². The number of amides is 1. The Morgan fingerprint density at radius 1 is 0.975 bits per heavy atom. The number of carbonyl (C=O) groups is 2. The molecule has 1 aromatic heterocycles. The van der Waals surface area contributed by atoms with Crippen LogP contribution in [0.15, 0.2) is 99.0 Å². The van der Waals surface area contributed by atoms with Crippen molar-refractivity contribution in [1.29, 1.82) is 0 Å². The van der Waals surface area contributed by atoms with Gasteiger partial charge < -0.3 is 14.5 Å². The Bertz CT molecular complexity index is 1770. The van der Waals surface area contributed by atoms with Crippen LogP contribution < -0.4 is 14.9 Å². The minimum atomic E-state index is -0.545. The van der Waals surface area contributed by atoms with Crippen molar-refractivity contribution in [2.24, 2.45) is 5.10 Å². The van der Waals surface area contributed by atoms with Crippen molar-refractivity contribution in [3.63, 3.8) is 0 Å². The SMILES string of the molecule is COc1ccc(C(=O)Oc2ccc(Br)cc2C=NNC(=O)c2[nH]c3c(Br)cccc3c2-c2ccccc2Cl)cc1. The van der Waals surface area contributed by atoms with Gasteiger partial charge in [0.15, 0.2) is 0 Å². The number of hydrogen-bond acceptors (Lipinski definition) is 5. The van der Waals surface area contributed by atoms with Crippen molar-refractivity contribution in [3.05, 3.63) is 116 Å². The molecule has 5 rings (SSSR count). The first-order valence-electron chi connectivity index (χ1n) is 11.9. The summed E-state index contributed by atoms with van der Waals surface area (Å²) in [6.07, 6.45) is 1.41. The molecule has 0 bridgehead atoms. The first kappa shape index (κ1) is 27.6. The topological polar surface area (TPSA) is 92.8 Å². The van der Waals surface area contributed by atoms with Crippen molar-refractivity contribution < 1.29 is 19.1 Å². The Labute approximate surface area is 251 Å². The maximum atomic E-state index is 13.4. The number of hydrazone groups is 1. The lowest BCUT2D eigenvalue weighted by Crippen LogP contribution is -2.19. The molecular weight excluding hydrogens is 662 g/mol. The number of para-hydroxylation sites is 1. The van der Waals surface area contributed by atoms with E-state index >= 15 is 0 Å². The highest BCUT2D eigenvalue weighted by Gasteiger charge is 2.22. The molecule has 5 aromatic rings. The van der Waals surface area contributed by atoms with E-state index in [2.05, 4.69) is 47.4 Å². The molecule has 2 N–H and O–H groups in total. The second-order valence-electron chi connectivity index (χ2n) is 8.52. The van der Waals surface area contributed by atoms with E-state index in [0.29, 0.717) is 38.7 Å². The van der Waals surface area contributed by atoms with Crippen molar-refractivity contribution in [2.45, 2.75) is 0 Å². The number of benzene rings is 4. The zero-order valence-corrected chi connectivity index (χ0v) is 24.8. The minimum Gasteiger partial charge on any atom is -0.497 e. The minimum absolute atomic E-state index is 0.272. The van der Waals surface area contributed by atoms with Gasteiger partial charge in [0.1, 0.15) is 17.2 Å². The van der Waals surface area contributed by atoms with Crippen molar-refractivity contribution in [2.75, 3.05) is 7.11 Å². The van der Waals surface area contributed by atoms with Crippen molar-refractivity contribution >= 4 is 72.5 Å². The molecule has 0 spiro atoms. The number of ether oxygens (including phenoxy) is 2. The van der Waals surface area contributed by atoms with Gasteiger partial charge in [-0.2, -0.15) is 5.10 Å². The highest BCUT2D eigenvalue weighted by atomic mass is 79.9. The van der Waals surface area contributed by atoms with E-state index in [4.69, 9.17) is 21.1 Å². The highest BCUT2D eigenvalue weighted by molar-refractivity contribution is 9.11. The molecule has 200 valence electrons. The van der Waals surface area contributed by atoms with Crippen LogP contribution in [0.1, 0.15) is 26.4 Å². The second kappa shape index (κ2) is 12.1. The fraction of sp³-hybridized carbons (Fsp3) is 0.0333. The van der Waals surface area contributed by atoms with Gasteiger partial charge in [-0.3, -0.25) is 4.79 Å². The molecule has 0 aliphatic rings. The van der Waals surface area contributed by atoms with Gasteiger partial charge >= 0.3 is 5.97 Å². The molecule has 0 aliphatic carbocycles. The summed E-state index contributed by atoms with van der Waals surface area (Å²) in [4.78, 5) is 29.3. The van der Waals surface area contributed by atoms with Gasteiger partial charge in [-0.05, 0) is 70.5 Å². The third-order valence-electron chi connectivity index (χ3n) is 6.02. The average molecular weight is 682 g/mol. The molecule has 10 heteroatoms. The van der Waals surface area contributed by atoms with Crippen LogP contribution in [0, 0.1) is 0 Å². The quantitative estimate of drug-likeness (QED) is 0.0788. The maximum absolute atomic E-state index is 13.4. The van der Waals surface area contributed by atoms with Gasteiger partial charge in [0, 0.05) is 36.0 Å². The number of nitrogens with one attached hydrogen (secondary N) is 2. The fourth-order valence-corrected chi connectivity index (χ4v) is 5.19. The Hall–Kier alpha value is -3.92. The number of esters is 1. The monoisotopic (exact) mass is 679 g/mol. The molecule has 0 saturated heterocycles. The van der Waals surface area contributed by atoms with E-state index in [1.807, 2.05) is 36.4 Å². The standard InChI is InChI=1S/C30H20Br2ClN3O4/c1-39-20-12-9-17(10-13-20)30(38)40-25-14-11-19(31)15-18(25)16-34-36-29(37)28-26(21-5-2-3-8-24(21)33)22-6-4-7-23(32)27(22)35-28/h2-16,35H,1H3,(H,36,37). The molecule has 0 radical (unpaired) electrons. The van der Waals surface area contributed by atoms with Crippen LogP contribution in [-0.2, 0) is 0 Å². The molecule has 0 aliphatic heterocycles. The van der Waals surface area contributed by atoms with E-state index in [1.165, 1.54) is 6.21 Å². The van der Waals surface area contributed by atoms with E-state index < -0.39 is 11.9 Å². The van der Waals surface area contributed by atoms with Crippen LogP contribution in [0.5, 0.6) is 11.5 Å². The smallest absolute Gasteiger partial charge is 0.343 e. The van der Waals surface area contributed by atoms with Gasteiger partial charge in [-0.15, -0.1) is 0 Å². The molecule has 1 amide bonds. The zero-order chi connectivity index (χ0) is 28.2. The Morgan fingerprint density at radius 2 is 1.75 bits per heavy atom. The normalized spacial score (nSPS) is 11.1. The third-order valence-corrected chi connectivity index (χ3v) is 7.51. The molecule has 0 saturated carbocycles. The molecule has 0 atom stereocenters. The molecule has 7 nitrogen and oxygen atoms in total. The second-order valence-corrected chi connectivity index (χ2v) is 10.7. The summed E-state index contributed by atoms with van der Waals surface area (Å²) in [7, 11) is 1.55. The summed E-state index contributed by atoms with van der Waals surface area (Å²) in [5.41, 5.74) is 5.83. The average Bonchev–Trinajstić information content (AvgIpc) is 3.35. The third kappa shape index (κ3) is 5.82. The number of halogens is 3. The number of aromatic amines is 1. The predicted molar refractivity (Wildman–Crippen MR) is 164 cm³/mol. The summed E-state index contributed by atoms with van der Waals surface area (Å²) in [6, 6.07) is 24.7. The first-order valence-corrected chi connectivity index (χ1v) is 13.9. The van der Waals surface area contributed by atoms with Crippen LogP contribution in [0.3, 0.4) is 0 Å². The van der Waals surface area contributed by atoms with Gasteiger partial charge in [-0.1, -0.05) is 57.9 Å². The van der Waals surface area contributed by atoms with Gasteiger partial charge in [-0.25, -0.2) is 10.2 Å². The van der Waals surface area contributed by atoms with Crippen LogP contribution in [0.4, 0.5) is 0 Å². The lowest BCUT2D eigenvalue weighted by atomic mass is 10.0. The molecule has 1 heterocycles. The summed E-state index contributed by atoms with van der Waals surface area (Å²) >= 11 is 13.5. The summed E-state index contributed by atoms with van der Waals surface area (Å²) in [5, 5.41) is 5.50. The molecule has 0 unspecified atom stereocenters. The molecule has 40 heavy (non-hydrogen) atoms. The van der Waals surface area contributed by atoms with E-state index in [-0.39, 0.29) is 5.75 Å². The summed E-state index contributed by atoms with van der Waals surface area (Å²) < 4.78 is 12.3. The summed E-state index contributed by atoms with van der Waals surface area (Å²) in [6.45, 7) is 0. The lowest BCUT2D eigenvalue weighted by Gasteiger charge is -2.09. The van der Waals surface area contributed by atoms with E-state index in [1.54, 1.807) is 55.6 Å². The Morgan fingerprint density at radius 3 is 2.50 bits per heavy atom. The largest absolute Gasteiger partial charge is 0.497 e. The number of H-pyrrole nitrogens is 1. The van der Waals surface area contributed by atoms with Crippen molar-refractivity contribution in [3.8, 4) is 22.6 Å². The highest BCUT2D eigenvalue weighted by Crippen LogP contribution is 2.38.